The summed E-state index contributed by atoms with van der Waals surface area (Å²) in [6, 6.07) is 13.1. The number of nitrogens with one attached hydrogen (secondary N) is 3. The molecule has 2 aromatic heterocycles. The smallest absolute Gasteiger partial charge is 0.492 e. The van der Waals surface area contributed by atoms with Gasteiger partial charge in [0.05, 0.1) is 12.9 Å². The summed E-state index contributed by atoms with van der Waals surface area (Å²) in [5.41, 5.74) is 0.221. The summed E-state index contributed by atoms with van der Waals surface area (Å²) >= 11 is 0. The molecule has 210 valence electrons. The Bertz CT molecular complexity index is 1380. The molecule has 4 rings (SSSR count). The van der Waals surface area contributed by atoms with Crippen molar-refractivity contribution >= 4 is 23.4 Å². The average molecular weight is 558 g/mol. The number of hydrogen-bond donors (Lipinski definition) is 3. The Balaban J connectivity index is 1.37. The number of imidazole rings is 2. The lowest BCUT2D eigenvalue weighted by Gasteiger charge is -2.10. The van der Waals surface area contributed by atoms with E-state index < -0.39 is 24.1 Å². The molecule has 2 aromatic carbocycles. The minimum Gasteiger partial charge on any atom is -0.492 e. The van der Waals surface area contributed by atoms with Crippen molar-refractivity contribution in [1.29, 1.82) is 0 Å². The van der Waals surface area contributed by atoms with E-state index in [1.807, 2.05) is 29.0 Å². The number of para-hydroxylation sites is 1. The lowest BCUT2D eigenvalue weighted by molar-refractivity contribution is -0.274. The van der Waals surface area contributed by atoms with Gasteiger partial charge in [-0.15, -0.1) is 13.2 Å². The van der Waals surface area contributed by atoms with Crippen molar-refractivity contribution in [1.82, 2.24) is 24.4 Å². The molecule has 3 amide bonds. The molecule has 2 heterocycles. The zero-order valence-electron chi connectivity index (χ0n) is 21.1. The zero-order chi connectivity index (χ0) is 28.4. The molecule has 40 heavy (non-hydrogen) atoms. The summed E-state index contributed by atoms with van der Waals surface area (Å²) < 4.78 is 50.0. The van der Waals surface area contributed by atoms with Crippen molar-refractivity contribution in [3.63, 3.8) is 0 Å². The van der Waals surface area contributed by atoms with E-state index in [0.717, 1.165) is 12.1 Å². The lowest BCUT2D eigenvalue weighted by atomic mass is 10.3. The number of anilines is 2. The maximum atomic E-state index is 12.9. The molecule has 0 spiro atoms. The highest BCUT2D eigenvalue weighted by molar-refractivity contribution is 5.99. The molecule has 14 heteroatoms. The maximum absolute atomic E-state index is 12.9. The summed E-state index contributed by atoms with van der Waals surface area (Å²) in [5, 5.41) is 7.84. The van der Waals surface area contributed by atoms with Crippen LogP contribution in [0.5, 0.6) is 11.5 Å². The van der Waals surface area contributed by atoms with E-state index in [0.29, 0.717) is 25.3 Å². The van der Waals surface area contributed by atoms with Gasteiger partial charge in [-0.05, 0) is 42.8 Å². The largest absolute Gasteiger partial charge is 0.573 e. The highest BCUT2D eigenvalue weighted by Gasteiger charge is 2.31. The van der Waals surface area contributed by atoms with Crippen molar-refractivity contribution in [2.24, 2.45) is 0 Å². The number of carbonyl (C=O) groups is 2. The molecule has 0 aliphatic carbocycles. The van der Waals surface area contributed by atoms with Crippen molar-refractivity contribution < 1.29 is 32.2 Å². The predicted octanol–water partition coefficient (Wildman–Crippen LogP) is 4.52. The normalized spacial score (nSPS) is 11.1. The second-order valence-electron chi connectivity index (χ2n) is 8.37. The minimum absolute atomic E-state index is 0.0724. The van der Waals surface area contributed by atoms with Crippen LogP contribution < -0.4 is 25.4 Å². The van der Waals surface area contributed by atoms with Gasteiger partial charge < -0.3 is 29.2 Å². The first-order valence-electron chi connectivity index (χ1n) is 12.2. The van der Waals surface area contributed by atoms with Gasteiger partial charge in [-0.25, -0.2) is 14.8 Å². The van der Waals surface area contributed by atoms with Crippen LogP contribution >= 0.6 is 0 Å². The zero-order valence-corrected chi connectivity index (χ0v) is 21.1. The standard InChI is InChI=1S/C26H26F3N7O4/c27-26(28,29)40-21-9-7-19(8-10-21)32-25(38)34-22-17-36(15-16-39-20-5-2-1-3-6-20)23(33-22)24(37)31-11-4-13-35-14-12-30-18-35/h1-3,5-10,12,14,17-18H,4,11,13,15-16H2,(H,31,37)(H2,32,34,38). The summed E-state index contributed by atoms with van der Waals surface area (Å²) in [6.45, 7) is 1.57. The fourth-order valence-electron chi connectivity index (χ4n) is 3.59. The molecule has 0 atom stereocenters. The number of amides is 3. The van der Waals surface area contributed by atoms with Crippen LogP contribution in [0.1, 0.15) is 17.0 Å². The monoisotopic (exact) mass is 557 g/mol. The van der Waals surface area contributed by atoms with Crippen LogP contribution in [0.25, 0.3) is 0 Å². The number of carbonyl (C=O) groups excluding carboxylic acids is 2. The molecule has 4 aromatic rings. The molecule has 0 bridgehead atoms. The number of ether oxygens (including phenoxy) is 2. The van der Waals surface area contributed by atoms with Crippen LogP contribution in [0, 0.1) is 0 Å². The molecule has 0 saturated heterocycles. The number of rotatable bonds is 12. The molecule has 11 nitrogen and oxygen atoms in total. The Hall–Kier alpha value is -5.01. The average Bonchev–Trinajstić information content (AvgIpc) is 3.57. The third-order valence-electron chi connectivity index (χ3n) is 5.35. The highest BCUT2D eigenvalue weighted by atomic mass is 19.4. The van der Waals surface area contributed by atoms with E-state index in [1.54, 1.807) is 29.2 Å². The van der Waals surface area contributed by atoms with Gasteiger partial charge in [0.25, 0.3) is 5.91 Å². The van der Waals surface area contributed by atoms with E-state index in [-0.39, 0.29) is 30.5 Å². The fourth-order valence-corrected chi connectivity index (χ4v) is 3.59. The Labute approximate surface area is 226 Å². The van der Waals surface area contributed by atoms with Crippen LogP contribution in [0.15, 0.2) is 79.5 Å². The third-order valence-corrected chi connectivity index (χ3v) is 5.35. The van der Waals surface area contributed by atoms with Gasteiger partial charge in [-0.3, -0.25) is 10.1 Å². The molecule has 0 saturated carbocycles. The minimum atomic E-state index is -4.82. The van der Waals surface area contributed by atoms with Crippen LogP contribution in [-0.2, 0) is 13.1 Å². The third kappa shape index (κ3) is 8.79. The molecule has 0 aliphatic heterocycles. The highest BCUT2D eigenvalue weighted by Crippen LogP contribution is 2.24. The first kappa shape index (κ1) is 28.0. The van der Waals surface area contributed by atoms with Crippen molar-refractivity contribution in [3.05, 3.63) is 85.3 Å². The van der Waals surface area contributed by atoms with Crippen LogP contribution in [-0.4, -0.2) is 50.6 Å². The summed E-state index contributed by atoms with van der Waals surface area (Å²) in [5.74, 6) is -0.0202. The van der Waals surface area contributed by atoms with Gasteiger partial charge in [0.2, 0.25) is 5.82 Å². The van der Waals surface area contributed by atoms with Gasteiger partial charge in [0.1, 0.15) is 18.1 Å². The van der Waals surface area contributed by atoms with Gasteiger partial charge in [-0.1, -0.05) is 18.2 Å². The SMILES string of the molecule is O=C(Nc1ccc(OC(F)(F)F)cc1)Nc1cn(CCOc2ccccc2)c(C(=O)NCCCn2ccnc2)n1. The van der Waals surface area contributed by atoms with E-state index in [2.05, 4.69) is 30.7 Å². The summed E-state index contributed by atoms with van der Waals surface area (Å²) in [7, 11) is 0. The topological polar surface area (TPSA) is 124 Å². The van der Waals surface area contributed by atoms with E-state index in [1.165, 1.54) is 18.3 Å². The first-order chi connectivity index (χ1) is 19.2. The Kier molecular flexibility index (Phi) is 9.23. The van der Waals surface area contributed by atoms with Crippen LogP contribution in [0.4, 0.5) is 29.5 Å². The molecule has 3 N–H and O–H groups in total. The van der Waals surface area contributed by atoms with E-state index in [9.17, 15) is 22.8 Å². The molecular formula is C26H26F3N7O4. The number of hydrogen-bond acceptors (Lipinski definition) is 6. The van der Waals surface area contributed by atoms with Gasteiger partial charge in [-0.2, -0.15) is 0 Å². The number of urea groups is 1. The Morgan fingerprint density at radius 2 is 1.73 bits per heavy atom. The molecular weight excluding hydrogens is 531 g/mol. The van der Waals surface area contributed by atoms with Crippen LogP contribution in [0.3, 0.4) is 0 Å². The molecule has 0 aliphatic rings. The lowest BCUT2D eigenvalue weighted by Crippen LogP contribution is -2.28. The Morgan fingerprint density at radius 1 is 0.950 bits per heavy atom. The van der Waals surface area contributed by atoms with Gasteiger partial charge in [0, 0.05) is 37.4 Å². The van der Waals surface area contributed by atoms with Crippen molar-refractivity contribution in [2.45, 2.75) is 25.9 Å². The molecule has 0 fully saturated rings. The number of benzene rings is 2. The van der Waals surface area contributed by atoms with Gasteiger partial charge >= 0.3 is 12.4 Å². The van der Waals surface area contributed by atoms with E-state index in [4.69, 9.17) is 4.74 Å². The number of aryl methyl sites for hydroxylation is 1. The maximum Gasteiger partial charge on any atom is 0.573 e. The Morgan fingerprint density at radius 3 is 2.42 bits per heavy atom. The summed E-state index contributed by atoms with van der Waals surface area (Å²) in [4.78, 5) is 33.6. The van der Waals surface area contributed by atoms with Crippen molar-refractivity contribution in [3.8, 4) is 11.5 Å². The molecule has 0 unspecified atom stereocenters. The quantitative estimate of drug-likeness (QED) is 0.220. The number of halogens is 3. The first-order valence-corrected chi connectivity index (χ1v) is 12.2. The summed E-state index contributed by atoms with van der Waals surface area (Å²) in [6.07, 6.45) is 2.54. The second kappa shape index (κ2) is 13.2. The number of nitrogens with zero attached hydrogens (tertiary/aromatic N) is 4. The number of alkyl halides is 3. The fraction of sp³-hybridized carbons (Fsp3) is 0.231. The second-order valence-corrected chi connectivity index (χ2v) is 8.37. The predicted molar refractivity (Wildman–Crippen MR) is 139 cm³/mol. The molecule has 0 radical (unpaired) electrons. The van der Waals surface area contributed by atoms with Crippen LogP contribution in [0.2, 0.25) is 0 Å². The number of aromatic nitrogens is 4. The van der Waals surface area contributed by atoms with E-state index >= 15 is 0 Å². The van der Waals surface area contributed by atoms with Crippen molar-refractivity contribution in [2.75, 3.05) is 23.8 Å². The van der Waals surface area contributed by atoms with Gasteiger partial charge in [0.15, 0.2) is 5.82 Å².